The van der Waals surface area contributed by atoms with E-state index in [9.17, 15) is 0 Å². The van der Waals surface area contributed by atoms with Crippen LogP contribution in [0, 0.1) is 0 Å². The number of amidine groups is 1. The first-order chi connectivity index (χ1) is 8.72. The van der Waals surface area contributed by atoms with Crippen molar-refractivity contribution in [3.63, 3.8) is 0 Å². The van der Waals surface area contributed by atoms with Crippen LogP contribution in [0.15, 0.2) is 23.2 Å². The van der Waals surface area contributed by atoms with E-state index in [1.54, 1.807) is 0 Å². The maximum Gasteiger partial charge on any atom is 0.153 e. The molecule has 1 heterocycles. The predicted octanol–water partition coefficient (Wildman–Crippen LogP) is 2.80. The fourth-order valence-corrected chi connectivity index (χ4v) is 2.59. The van der Waals surface area contributed by atoms with Crippen molar-refractivity contribution in [2.75, 3.05) is 11.1 Å². The molecule has 0 aromatic heterocycles. The molecule has 3 rings (SSSR count). The van der Waals surface area contributed by atoms with Gasteiger partial charge in [0.05, 0.1) is 11.7 Å². The Labute approximate surface area is 107 Å². The van der Waals surface area contributed by atoms with Crippen LogP contribution in [0.3, 0.4) is 0 Å². The second-order valence-electron chi connectivity index (χ2n) is 5.09. The van der Waals surface area contributed by atoms with Crippen molar-refractivity contribution in [2.24, 2.45) is 4.99 Å². The maximum absolute atomic E-state index is 5.86. The van der Waals surface area contributed by atoms with Gasteiger partial charge in [0.2, 0.25) is 0 Å². The van der Waals surface area contributed by atoms with Gasteiger partial charge in [-0.2, -0.15) is 0 Å². The summed E-state index contributed by atoms with van der Waals surface area (Å²) in [7, 11) is 0. The third-order valence-electron chi connectivity index (χ3n) is 3.60. The molecule has 0 saturated heterocycles. The van der Waals surface area contributed by atoms with E-state index in [1.807, 2.05) is 25.1 Å². The first-order valence-electron chi connectivity index (χ1n) is 6.63. The first kappa shape index (κ1) is 11.4. The van der Waals surface area contributed by atoms with Crippen LogP contribution in [-0.4, -0.2) is 18.0 Å². The summed E-state index contributed by atoms with van der Waals surface area (Å²) in [5.74, 6) is 1.76. The number of nitrogens with one attached hydrogen (secondary N) is 1. The highest BCUT2D eigenvalue weighted by Crippen LogP contribution is 2.32. The standard InChI is InChI=1S/C14H19N3O/c1-9-14(16-11-4-2-3-5-11)17-12-7-6-10(15)8-13(12)18-9/h6-9,11H,2-5,15H2,1H3,(H,16,17). The first-order valence-corrected chi connectivity index (χ1v) is 6.63. The molecule has 4 nitrogen and oxygen atoms in total. The summed E-state index contributed by atoms with van der Waals surface area (Å²) in [6, 6.07) is 6.14. The zero-order valence-corrected chi connectivity index (χ0v) is 10.6. The minimum Gasteiger partial charge on any atom is -0.481 e. The predicted molar refractivity (Wildman–Crippen MR) is 74.3 cm³/mol. The Hall–Kier alpha value is -1.71. The topological polar surface area (TPSA) is 59.6 Å². The van der Waals surface area contributed by atoms with Crippen LogP contribution in [-0.2, 0) is 0 Å². The SMILES string of the molecule is CC1Oc2cc(N)ccc2NC1=NC1CCCC1. The number of hydrogen-bond donors (Lipinski definition) is 2. The second kappa shape index (κ2) is 4.52. The average molecular weight is 245 g/mol. The fraction of sp³-hybridized carbons (Fsp3) is 0.500. The van der Waals surface area contributed by atoms with E-state index in [-0.39, 0.29) is 6.10 Å². The van der Waals surface area contributed by atoms with Crippen molar-refractivity contribution < 1.29 is 4.74 Å². The van der Waals surface area contributed by atoms with Crippen molar-refractivity contribution >= 4 is 17.2 Å². The summed E-state index contributed by atoms with van der Waals surface area (Å²) in [6.07, 6.45) is 4.96. The lowest BCUT2D eigenvalue weighted by Gasteiger charge is -2.27. The summed E-state index contributed by atoms with van der Waals surface area (Å²) in [5.41, 5.74) is 7.43. The Kier molecular flexibility index (Phi) is 2.86. The van der Waals surface area contributed by atoms with Gasteiger partial charge in [-0.25, -0.2) is 0 Å². The number of hydrogen-bond acceptors (Lipinski definition) is 3. The van der Waals surface area contributed by atoms with E-state index in [0.29, 0.717) is 6.04 Å². The molecule has 0 amide bonds. The van der Waals surface area contributed by atoms with Crippen LogP contribution >= 0.6 is 0 Å². The molecule has 18 heavy (non-hydrogen) atoms. The monoisotopic (exact) mass is 245 g/mol. The minimum atomic E-state index is -0.0279. The van der Waals surface area contributed by atoms with Gasteiger partial charge in [0.25, 0.3) is 0 Å². The van der Waals surface area contributed by atoms with E-state index in [2.05, 4.69) is 5.32 Å². The summed E-state index contributed by atoms with van der Waals surface area (Å²) in [5, 5.41) is 3.37. The van der Waals surface area contributed by atoms with Gasteiger partial charge in [0, 0.05) is 11.8 Å². The lowest BCUT2D eigenvalue weighted by molar-refractivity contribution is 0.282. The average Bonchev–Trinajstić information content (AvgIpc) is 2.83. The molecular formula is C14H19N3O. The lowest BCUT2D eigenvalue weighted by Crippen LogP contribution is -2.35. The number of benzene rings is 1. The van der Waals surface area contributed by atoms with Crippen molar-refractivity contribution in [1.82, 2.24) is 0 Å². The van der Waals surface area contributed by atoms with Crippen molar-refractivity contribution in [2.45, 2.75) is 44.8 Å². The second-order valence-corrected chi connectivity index (χ2v) is 5.09. The lowest BCUT2D eigenvalue weighted by atomic mass is 10.2. The summed E-state index contributed by atoms with van der Waals surface area (Å²) in [4.78, 5) is 4.79. The Bertz CT molecular complexity index is 478. The molecule has 1 unspecified atom stereocenters. The van der Waals surface area contributed by atoms with Gasteiger partial charge in [0.1, 0.15) is 11.6 Å². The molecule has 0 radical (unpaired) electrons. The highest BCUT2D eigenvalue weighted by molar-refractivity contribution is 6.01. The van der Waals surface area contributed by atoms with E-state index in [4.69, 9.17) is 15.5 Å². The molecule has 1 atom stereocenters. The molecule has 96 valence electrons. The number of fused-ring (bicyclic) bond motifs is 1. The Balaban J connectivity index is 1.84. The molecule has 0 bridgehead atoms. The molecule has 1 aromatic carbocycles. The molecule has 1 aliphatic carbocycles. The Morgan fingerprint density at radius 3 is 2.89 bits per heavy atom. The minimum absolute atomic E-state index is 0.0279. The quantitative estimate of drug-likeness (QED) is 0.748. The highest BCUT2D eigenvalue weighted by atomic mass is 16.5. The van der Waals surface area contributed by atoms with E-state index < -0.39 is 0 Å². The summed E-state index contributed by atoms with van der Waals surface area (Å²) >= 11 is 0. The zero-order chi connectivity index (χ0) is 12.5. The molecule has 0 spiro atoms. The van der Waals surface area contributed by atoms with Gasteiger partial charge in [-0.05, 0) is 31.9 Å². The van der Waals surface area contributed by atoms with Crippen molar-refractivity contribution in [1.29, 1.82) is 0 Å². The number of aliphatic imine (C=N–C) groups is 1. The molecule has 1 fully saturated rings. The molecule has 3 N–H and O–H groups in total. The maximum atomic E-state index is 5.86. The van der Waals surface area contributed by atoms with Gasteiger partial charge < -0.3 is 15.8 Å². The molecule has 4 heteroatoms. The summed E-state index contributed by atoms with van der Waals surface area (Å²) in [6.45, 7) is 2.02. The number of nitrogen functional groups attached to an aromatic ring is 1. The van der Waals surface area contributed by atoms with E-state index >= 15 is 0 Å². The molecule has 1 aromatic rings. The van der Waals surface area contributed by atoms with Crippen LogP contribution in [0.5, 0.6) is 5.75 Å². The van der Waals surface area contributed by atoms with Crippen molar-refractivity contribution in [3.05, 3.63) is 18.2 Å². The van der Waals surface area contributed by atoms with E-state index in [1.165, 1.54) is 25.7 Å². The van der Waals surface area contributed by atoms with Gasteiger partial charge in [-0.1, -0.05) is 12.8 Å². The highest BCUT2D eigenvalue weighted by Gasteiger charge is 2.24. The number of nitrogens with two attached hydrogens (primary N) is 1. The van der Waals surface area contributed by atoms with Crippen LogP contribution in [0.2, 0.25) is 0 Å². The van der Waals surface area contributed by atoms with Gasteiger partial charge in [-0.15, -0.1) is 0 Å². The number of nitrogens with zero attached hydrogens (tertiary/aromatic N) is 1. The smallest absolute Gasteiger partial charge is 0.153 e. The largest absolute Gasteiger partial charge is 0.481 e. The van der Waals surface area contributed by atoms with Gasteiger partial charge in [0.15, 0.2) is 6.10 Å². The molecule has 1 aliphatic heterocycles. The van der Waals surface area contributed by atoms with E-state index in [0.717, 1.165) is 23.0 Å². The Morgan fingerprint density at radius 2 is 2.11 bits per heavy atom. The third-order valence-corrected chi connectivity index (χ3v) is 3.60. The molecule has 2 aliphatic rings. The number of rotatable bonds is 1. The van der Waals surface area contributed by atoms with Gasteiger partial charge in [-0.3, -0.25) is 4.99 Å². The van der Waals surface area contributed by atoms with Crippen LogP contribution in [0.4, 0.5) is 11.4 Å². The zero-order valence-electron chi connectivity index (χ0n) is 10.6. The van der Waals surface area contributed by atoms with Crippen LogP contribution in [0.1, 0.15) is 32.6 Å². The Morgan fingerprint density at radius 1 is 1.33 bits per heavy atom. The fourth-order valence-electron chi connectivity index (χ4n) is 2.59. The van der Waals surface area contributed by atoms with Crippen LogP contribution < -0.4 is 15.8 Å². The molecular weight excluding hydrogens is 226 g/mol. The number of anilines is 2. The number of ether oxygens (including phenoxy) is 1. The van der Waals surface area contributed by atoms with Crippen molar-refractivity contribution in [3.8, 4) is 5.75 Å². The molecule has 1 saturated carbocycles. The van der Waals surface area contributed by atoms with Crippen LogP contribution in [0.25, 0.3) is 0 Å². The normalized spacial score (nSPS) is 25.6. The summed E-state index contributed by atoms with van der Waals surface area (Å²) < 4.78 is 5.86. The third kappa shape index (κ3) is 2.15. The van der Waals surface area contributed by atoms with Gasteiger partial charge >= 0.3 is 0 Å².